The van der Waals surface area contributed by atoms with Crippen molar-refractivity contribution in [1.82, 2.24) is 15.0 Å². The normalized spacial score (nSPS) is 12.7. The van der Waals surface area contributed by atoms with Crippen LogP contribution < -0.4 is 5.73 Å². The second-order valence-electron chi connectivity index (χ2n) is 2.81. The van der Waals surface area contributed by atoms with Crippen molar-refractivity contribution in [1.29, 1.82) is 0 Å². The zero-order chi connectivity index (χ0) is 10.6. The Labute approximate surface area is 79.5 Å². The van der Waals surface area contributed by atoms with E-state index in [1.807, 2.05) is 0 Å². The molecule has 0 saturated carbocycles. The van der Waals surface area contributed by atoms with E-state index in [-0.39, 0.29) is 13.0 Å². The summed E-state index contributed by atoms with van der Waals surface area (Å²) in [5.74, 6) is -1.09. The first-order valence-electron chi connectivity index (χ1n) is 4.07. The third kappa shape index (κ3) is 2.77. The summed E-state index contributed by atoms with van der Waals surface area (Å²) in [5.41, 5.74) is 5.73. The van der Waals surface area contributed by atoms with E-state index in [9.17, 15) is 9.18 Å². The number of alkyl halides is 1. The number of carboxylic acid groups (broad SMARTS) is 1. The summed E-state index contributed by atoms with van der Waals surface area (Å²) in [6.45, 7) is -0.414. The first-order chi connectivity index (χ1) is 6.63. The fourth-order valence-corrected chi connectivity index (χ4v) is 0.941. The summed E-state index contributed by atoms with van der Waals surface area (Å²) in [4.78, 5) is 10.4. The second kappa shape index (κ2) is 4.66. The smallest absolute Gasteiger partial charge is 0.320 e. The maximum absolute atomic E-state index is 11.9. The number of rotatable bonds is 5. The molecule has 1 atom stereocenters. The molecule has 78 valence electrons. The molecule has 0 amide bonds. The summed E-state index contributed by atoms with van der Waals surface area (Å²) in [5, 5.41) is 15.8. The molecule has 0 aliphatic heterocycles. The van der Waals surface area contributed by atoms with Crippen molar-refractivity contribution >= 4 is 5.97 Å². The van der Waals surface area contributed by atoms with E-state index < -0.39 is 18.7 Å². The van der Waals surface area contributed by atoms with Crippen LogP contribution in [-0.4, -0.2) is 38.8 Å². The Morgan fingerprint density at radius 3 is 3.07 bits per heavy atom. The highest BCUT2D eigenvalue weighted by Gasteiger charge is 2.14. The Morgan fingerprint density at radius 2 is 2.50 bits per heavy atom. The number of nitrogens with zero attached hydrogens (tertiary/aromatic N) is 3. The molecule has 0 spiro atoms. The van der Waals surface area contributed by atoms with Gasteiger partial charge in [-0.1, -0.05) is 5.21 Å². The van der Waals surface area contributed by atoms with Crippen LogP contribution in [0.25, 0.3) is 0 Å². The molecule has 14 heavy (non-hydrogen) atoms. The summed E-state index contributed by atoms with van der Waals surface area (Å²) in [7, 11) is 0. The van der Waals surface area contributed by atoms with Crippen LogP contribution in [0.5, 0.6) is 0 Å². The molecule has 0 bridgehead atoms. The molecule has 1 aromatic heterocycles. The molecule has 0 aromatic carbocycles. The molecule has 3 N–H and O–H groups in total. The van der Waals surface area contributed by atoms with Gasteiger partial charge < -0.3 is 10.8 Å². The van der Waals surface area contributed by atoms with Gasteiger partial charge >= 0.3 is 5.97 Å². The number of halogens is 1. The SMILES string of the molecule is N[C@@H](Cc1cn(CC[18F])nn1)C(=O)O. The highest BCUT2D eigenvalue weighted by Crippen LogP contribution is 1.97. The van der Waals surface area contributed by atoms with Gasteiger partial charge in [-0.05, 0) is 0 Å². The standard InChI is InChI=1S/C7H11FN4O2/c8-1-2-12-4-5(10-11-12)3-6(9)7(13)14/h4,6H,1-3,9H2,(H,13,14)/t6-/m0/s1/i8-1. The number of carbonyl (C=O) groups is 1. The summed E-state index contributed by atoms with van der Waals surface area (Å²) < 4.78 is 13.2. The quantitative estimate of drug-likeness (QED) is 0.650. The highest BCUT2D eigenvalue weighted by molar-refractivity contribution is 5.73. The zero-order valence-electron chi connectivity index (χ0n) is 7.43. The van der Waals surface area contributed by atoms with E-state index in [0.29, 0.717) is 5.69 Å². The molecule has 6 nitrogen and oxygen atoms in total. The fraction of sp³-hybridized carbons (Fsp3) is 0.571. The highest BCUT2D eigenvalue weighted by atomic mass is 18.2. The van der Waals surface area contributed by atoms with Gasteiger partial charge in [-0.2, -0.15) is 0 Å². The Balaban J connectivity index is 2.55. The van der Waals surface area contributed by atoms with Crippen LogP contribution >= 0.6 is 0 Å². The van der Waals surface area contributed by atoms with Crippen molar-refractivity contribution < 1.29 is 14.3 Å². The Kier molecular flexibility index (Phi) is 3.52. The van der Waals surface area contributed by atoms with E-state index in [2.05, 4.69) is 10.3 Å². The van der Waals surface area contributed by atoms with Crippen LogP contribution in [0.3, 0.4) is 0 Å². The van der Waals surface area contributed by atoms with E-state index in [1.54, 1.807) is 0 Å². The molecule has 1 aromatic rings. The van der Waals surface area contributed by atoms with E-state index in [0.717, 1.165) is 0 Å². The van der Waals surface area contributed by atoms with Gasteiger partial charge in [-0.15, -0.1) is 5.10 Å². The van der Waals surface area contributed by atoms with Crippen LogP contribution in [0.2, 0.25) is 0 Å². The number of aryl methyl sites for hydroxylation is 1. The summed E-state index contributed by atoms with van der Waals surface area (Å²) >= 11 is 0. The Hall–Kier alpha value is -1.50. The van der Waals surface area contributed by atoms with Crippen LogP contribution in [0.1, 0.15) is 5.69 Å². The van der Waals surface area contributed by atoms with Gasteiger partial charge in [0.25, 0.3) is 0 Å². The summed E-state index contributed by atoms with van der Waals surface area (Å²) in [6, 6.07) is -0.995. The lowest BCUT2D eigenvalue weighted by Crippen LogP contribution is -2.32. The lowest BCUT2D eigenvalue weighted by Gasteiger charge is -2.01. The minimum atomic E-state index is -1.09. The van der Waals surface area contributed by atoms with E-state index in [4.69, 9.17) is 10.8 Å². The van der Waals surface area contributed by atoms with Crippen LogP contribution in [0, 0.1) is 0 Å². The molecular weight excluding hydrogens is 190 g/mol. The van der Waals surface area contributed by atoms with Gasteiger partial charge in [0.1, 0.15) is 12.7 Å². The lowest BCUT2D eigenvalue weighted by molar-refractivity contribution is -0.138. The van der Waals surface area contributed by atoms with Crippen molar-refractivity contribution in [2.24, 2.45) is 5.73 Å². The van der Waals surface area contributed by atoms with Gasteiger partial charge in [0.2, 0.25) is 0 Å². The van der Waals surface area contributed by atoms with Gasteiger partial charge in [-0.3, -0.25) is 4.79 Å². The van der Waals surface area contributed by atoms with Crippen LogP contribution in [-0.2, 0) is 17.8 Å². The van der Waals surface area contributed by atoms with Crippen molar-refractivity contribution in [3.8, 4) is 0 Å². The molecule has 0 radical (unpaired) electrons. The third-order valence-electron chi connectivity index (χ3n) is 1.65. The predicted octanol–water partition coefficient (Wildman–Crippen LogP) is -0.798. The number of aromatic nitrogens is 3. The number of hydrogen-bond donors (Lipinski definition) is 2. The van der Waals surface area contributed by atoms with Gasteiger partial charge in [0.15, 0.2) is 0 Å². The molecule has 7 heteroatoms. The summed E-state index contributed by atoms with van der Waals surface area (Å²) in [6.07, 6.45) is 1.59. The molecule has 1 rings (SSSR count). The molecule has 0 aliphatic rings. The molecule has 1 heterocycles. The van der Waals surface area contributed by atoms with E-state index >= 15 is 0 Å². The fourth-order valence-electron chi connectivity index (χ4n) is 0.941. The van der Waals surface area contributed by atoms with Gasteiger partial charge in [0.05, 0.1) is 12.2 Å². The average Bonchev–Trinajstić information content (AvgIpc) is 2.53. The average molecular weight is 201 g/mol. The first kappa shape index (κ1) is 10.6. The van der Waals surface area contributed by atoms with E-state index in [1.165, 1.54) is 10.9 Å². The minimum Gasteiger partial charge on any atom is -0.480 e. The van der Waals surface area contributed by atoms with Crippen molar-refractivity contribution in [2.45, 2.75) is 19.0 Å². The van der Waals surface area contributed by atoms with Gasteiger partial charge in [-0.25, -0.2) is 9.07 Å². The Bertz CT molecular complexity index is 314. The van der Waals surface area contributed by atoms with Crippen molar-refractivity contribution in [3.63, 3.8) is 0 Å². The largest absolute Gasteiger partial charge is 0.480 e. The lowest BCUT2D eigenvalue weighted by atomic mass is 10.2. The number of hydrogen-bond acceptors (Lipinski definition) is 4. The van der Waals surface area contributed by atoms with Crippen molar-refractivity contribution in [3.05, 3.63) is 11.9 Å². The predicted molar refractivity (Wildman–Crippen MR) is 45.3 cm³/mol. The number of aliphatic carboxylic acids is 1. The van der Waals surface area contributed by atoms with Crippen LogP contribution in [0.4, 0.5) is 4.39 Å². The minimum absolute atomic E-state index is 0.0988. The zero-order valence-corrected chi connectivity index (χ0v) is 7.43. The number of carboxylic acids is 1. The monoisotopic (exact) mass is 201 g/mol. The maximum Gasteiger partial charge on any atom is 0.320 e. The second-order valence-corrected chi connectivity index (χ2v) is 2.81. The van der Waals surface area contributed by atoms with Gasteiger partial charge in [0, 0.05) is 12.6 Å². The molecule has 0 fully saturated rings. The number of nitrogens with two attached hydrogens (primary N) is 1. The topological polar surface area (TPSA) is 94.0 Å². The first-order valence-corrected chi connectivity index (χ1v) is 4.07. The molecule has 0 unspecified atom stereocenters. The Morgan fingerprint density at radius 1 is 1.79 bits per heavy atom. The molecule has 0 saturated heterocycles. The van der Waals surface area contributed by atoms with Crippen LogP contribution in [0.15, 0.2) is 6.20 Å². The maximum atomic E-state index is 11.9. The third-order valence-corrected chi connectivity index (χ3v) is 1.65. The molecule has 0 aliphatic carbocycles. The van der Waals surface area contributed by atoms with Crippen molar-refractivity contribution in [2.75, 3.05) is 6.67 Å². The molecular formula is C7H11FN4O2.